The first kappa shape index (κ1) is 11.4. The zero-order chi connectivity index (χ0) is 10.7. The molecule has 0 heterocycles. The monoisotopic (exact) mass is 262 g/mol. The Morgan fingerprint density at radius 1 is 1.64 bits per heavy atom. The van der Waals surface area contributed by atoms with Crippen LogP contribution in [0.3, 0.4) is 0 Å². The molecule has 0 saturated heterocycles. The summed E-state index contributed by atoms with van der Waals surface area (Å²) in [6.07, 6.45) is 2.62. The second-order valence-electron chi connectivity index (χ2n) is 3.34. The van der Waals surface area contributed by atoms with Crippen molar-refractivity contribution in [3.8, 4) is 0 Å². The molecule has 0 aromatic rings. The van der Waals surface area contributed by atoms with Crippen LogP contribution >= 0.6 is 15.9 Å². The third kappa shape index (κ3) is 2.22. The van der Waals surface area contributed by atoms with E-state index in [1.807, 2.05) is 0 Å². The van der Waals surface area contributed by atoms with Crippen LogP contribution < -0.4 is 0 Å². The van der Waals surface area contributed by atoms with Gasteiger partial charge in [0.25, 0.3) is 6.04 Å². The largest absolute Gasteiger partial charge is 0.392 e. The van der Waals surface area contributed by atoms with Crippen molar-refractivity contribution >= 4 is 15.9 Å². The predicted molar refractivity (Wildman–Crippen MR) is 55.2 cm³/mol. The average molecular weight is 263 g/mol. The predicted octanol–water partition coefficient (Wildman–Crippen LogP) is 1.76. The maximum atomic E-state index is 10.8. The minimum absolute atomic E-state index is 0.0402. The number of nitrogens with zero attached hydrogens (tertiary/aromatic N) is 1. The molecule has 0 saturated carbocycles. The van der Waals surface area contributed by atoms with E-state index in [0.29, 0.717) is 12.8 Å². The lowest BCUT2D eigenvalue weighted by Gasteiger charge is -2.22. The number of allylic oxidation sites excluding steroid dienone is 1. The fraction of sp³-hybridized carbons (Fsp3) is 0.556. The van der Waals surface area contributed by atoms with Crippen molar-refractivity contribution in [1.29, 1.82) is 0 Å². The molecule has 4 nitrogen and oxygen atoms in total. The minimum atomic E-state index is -0.532. The van der Waals surface area contributed by atoms with Gasteiger partial charge in [0.2, 0.25) is 4.92 Å². The molecule has 0 bridgehead atoms. The molecule has 2 atom stereocenters. The summed E-state index contributed by atoms with van der Waals surface area (Å²) in [5.74, 6) is -0.0813. The lowest BCUT2D eigenvalue weighted by molar-refractivity contribution is -0.818. The first-order chi connectivity index (χ1) is 6.60. The van der Waals surface area contributed by atoms with Crippen molar-refractivity contribution in [3.05, 3.63) is 27.6 Å². The van der Waals surface area contributed by atoms with E-state index in [4.69, 9.17) is 10.3 Å². The molecule has 0 aromatic carbocycles. The third-order valence-electron chi connectivity index (χ3n) is 2.53. The van der Waals surface area contributed by atoms with Crippen LogP contribution in [0.4, 0.5) is 0 Å². The molecule has 0 fully saturated rings. The van der Waals surface area contributed by atoms with Crippen LogP contribution in [0.5, 0.6) is 0 Å². The molecule has 0 aromatic heterocycles. The SMILES string of the molecule is C=CC1CC(Br)=C(CO)CC1[N+](=O)O. The summed E-state index contributed by atoms with van der Waals surface area (Å²) in [4.78, 5) is 10.8. The Kier molecular flexibility index (Phi) is 3.83. The molecule has 0 spiro atoms. The van der Waals surface area contributed by atoms with Gasteiger partial charge >= 0.3 is 0 Å². The molecule has 0 aliphatic heterocycles. The molecular weight excluding hydrogens is 250 g/mol. The van der Waals surface area contributed by atoms with Crippen LogP contribution in [-0.2, 0) is 0 Å². The molecular formula is C9H13BrNO3+. The van der Waals surface area contributed by atoms with E-state index in [1.165, 1.54) is 0 Å². The smallest absolute Gasteiger partial charge is 0.267 e. The molecule has 0 radical (unpaired) electrons. The Morgan fingerprint density at radius 3 is 2.71 bits per heavy atom. The Bertz CT molecular complexity index is 288. The molecule has 78 valence electrons. The van der Waals surface area contributed by atoms with E-state index < -0.39 is 6.04 Å². The summed E-state index contributed by atoms with van der Waals surface area (Å²) in [5, 5.41) is 17.9. The maximum Gasteiger partial charge on any atom is 0.267 e. The zero-order valence-electron chi connectivity index (χ0n) is 7.69. The summed E-state index contributed by atoms with van der Waals surface area (Å²) in [6, 6.07) is -0.532. The van der Waals surface area contributed by atoms with Gasteiger partial charge in [0.15, 0.2) is 0 Å². The fourth-order valence-electron chi connectivity index (χ4n) is 1.63. The van der Waals surface area contributed by atoms with Crippen molar-refractivity contribution in [3.63, 3.8) is 0 Å². The number of aliphatic hydroxyl groups is 1. The van der Waals surface area contributed by atoms with Gasteiger partial charge in [0, 0.05) is 6.42 Å². The van der Waals surface area contributed by atoms with E-state index in [2.05, 4.69) is 22.5 Å². The lowest BCUT2D eigenvalue weighted by atomic mass is 9.85. The van der Waals surface area contributed by atoms with E-state index in [0.717, 1.165) is 10.1 Å². The first-order valence-electron chi connectivity index (χ1n) is 4.35. The maximum absolute atomic E-state index is 10.8. The van der Waals surface area contributed by atoms with Gasteiger partial charge in [-0.1, -0.05) is 22.0 Å². The van der Waals surface area contributed by atoms with Crippen molar-refractivity contribution in [1.82, 2.24) is 0 Å². The van der Waals surface area contributed by atoms with Gasteiger partial charge < -0.3 is 5.11 Å². The van der Waals surface area contributed by atoms with Crippen LogP contribution in [0.1, 0.15) is 12.8 Å². The van der Waals surface area contributed by atoms with Gasteiger partial charge in [-0.15, -0.1) is 6.58 Å². The van der Waals surface area contributed by atoms with Crippen LogP contribution in [0.2, 0.25) is 0 Å². The first-order valence-corrected chi connectivity index (χ1v) is 5.14. The summed E-state index contributed by atoms with van der Waals surface area (Å²) in [5.41, 5.74) is 0.767. The molecule has 2 unspecified atom stereocenters. The summed E-state index contributed by atoms with van der Waals surface area (Å²) in [6.45, 7) is 3.53. The fourth-order valence-corrected chi connectivity index (χ4v) is 2.30. The highest BCUT2D eigenvalue weighted by Gasteiger charge is 2.38. The standard InChI is InChI=1S/C9H13BrNO3/c1-2-6-3-8(10)7(5-12)4-9(6)11(13)14/h2,6,9,12H,1,3-5H2,(H,13,14)/q+1. The topological polar surface area (TPSA) is 60.5 Å². The highest BCUT2D eigenvalue weighted by atomic mass is 79.9. The van der Waals surface area contributed by atoms with Gasteiger partial charge in [0.1, 0.15) is 0 Å². The summed E-state index contributed by atoms with van der Waals surface area (Å²) in [7, 11) is 0. The zero-order valence-corrected chi connectivity index (χ0v) is 9.27. The average Bonchev–Trinajstić information content (AvgIpc) is 2.16. The van der Waals surface area contributed by atoms with E-state index in [1.54, 1.807) is 6.08 Å². The quantitative estimate of drug-likeness (QED) is 0.602. The van der Waals surface area contributed by atoms with E-state index in [9.17, 15) is 4.91 Å². The number of hydrogen-bond acceptors (Lipinski definition) is 2. The molecule has 2 N–H and O–H groups in total. The van der Waals surface area contributed by atoms with Crippen molar-refractivity contribution in [2.75, 3.05) is 6.61 Å². The van der Waals surface area contributed by atoms with Crippen LogP contribution in [0, 0.1) is 10.8 Å². The molecule has 1 rings (SSSR count). The van der Waals surface area contributed by atoms with Gasteiger partial charge in [0.05, 0.1) is 17.4 Å². The van der Waals surface area contributed by atoms with Gasteiger partial charge in [-0.3, -0.25) is 0 Å². The summed E-state index contributed by atoms with van der Waals surface area (Å²) < 4.78 is 0.906. The second kappa shape index (κ2) is 4.70. The van der Waals surface area contributed by atoms with Crippen molar-refractivity contribution in [2.24, 2.45) is 5.92 Å². The highest BCUT2D eigenvalue weighted by molar-refractivity contribution is 9.11. The Balaban J connectivity index is 2.90. The Labute approximate surface area is 90.6 Å². The number of aliphatic hydroxyl groups excluding tert-OH is 1. The van der Waals surface area contributed by atoms with Gasteiger partial charge in [-0.2, -0.15) is 0 Å². The highest BCUT2D eigenvalue weighted by Crippen LogP contribution is 2.34. The van der Waals surface area contributed by atoms with Crippen LogP contribution in [0.25, 0.3) is 0 Å². The van der Waals surface area contributed by atoms with Crippen LogP contribution in [0.15, 0.2) is 22.7 Å². The minimum Gasteiger partial charge on any atom is -0.392 e. The number of hydrogen-bond donors (Lipinski definition) is 2. The van der Waals surface area contributed by atoms with Crippen molar-refractivity contribution in [2.45, 2.75) is 18.9 Å². The van der Waals surface area contributed by atoms with Crippen LogP contribution in [-0.4, -0.2) is 27.9 Å². The molecule has 14 heavy (non-hydrogen) atoms. The summed E-state index contributed by atoms with van der Waals surface area (Å²) >= 11 is 3.34. The number of rotatable bonds is 3. The Hall–Kier alpha value is -0.680. The number of halogens is 1. The third-order valence-corrected chi connectivity index (χ3v) is 3.41. The van der Waals surface area contributed by atoms with Gasteiger partial charge in [-0.05, 0) is 16.5 Å². The molecule has 5 heteroatoms. The van der Waals surface area contributed by atoms with E-state index in [-0.39, 0.29) is 17.4 Å². The van der Waals surface area contributed by atoms with E-state index >= 15 is 0 Å². The molecule has 1 aliphatic carbocycles. The van der Waals surface area contributed by atoms with Gasteiger partial charge in [-0.25, -0.2) is 5.21 Å². The van der Waals surface area contributed by atoms with Crippen molar-refractivity contribution < 1.29 is 15.2 Å². The second-order valence-corrected chi connectivity index (χ2v) is 4.30. The lowest BCUT2D eigenvalue weighted by Crippen LogP contribution is -2.33. The molecule has 0 amide bonds. The normalized spacial score (nSPS) is 27.6. The molecule has 1 aliphatic rings. The Morgan fingerprint density at radius 2 is 2.29 bits per heavy atom.